The second kappa shape index (κ2) is 3.08. The number of halogens is 3. The second-order valence-corrected chi connectivity index (χ2v) is 1.89. The molecule has 0 aliphatic heterocycles. The monoisotopic (exact) mass is 139 g/mol. The minimum atomic E-state index is -3.23. The summed E-state index contributed by atoms with van der Waals surface area (Å²) in [6, 6.07) is 0. The van der Waals surface area contributed by atoms with E-state index in [0.717, 1.165) is 0 Å². The number of alkyl halides is 3. The molecule has 0 saturated heterocycles. The molecule has 0 N–H and O–H groups in total. The van der Waals surface area contributed by atoms with E-state index in [1.54, 1.807) is 0 Å². The Labute approximate surface area is 53.1 Å². The van der Waals surface area contributed by atoms with Gasteiger partial charge in [0.2, 0.25) is 0 Å². The predicted molar refractivity (Wildman–Crippen MR) is 30.1 cm³/mol. The SMILES string of the molecule is [CH2]CC(F)(F)[C@@H](F)CC. The molecule has 0 rings (SSSR count). The van der Waals surface area contributed by atoms with Gasteiger partial charge in [0, 0.05) is 6.42 Å². The minimum Gasteiger partial charge on any atom is -0.241 e. The Hall–Kier alpha value is -0.210. The van der Waals surface area contributed by atoms with Crippen molar-refractivity contribution in [1.29, 1.82) is 0 Å². The lowest BCUT2D eigenvalue weighted by molar-refractivity contribution is -0.0706. The maximum atomic E-state index is 12.1. The van der Waals surface area contributed by atoms with Crippen LogP contribution >= 0.6 is 0 Å². The maximum Gasteiger partial charge on any atom is 0.278 e. The van der Waals surface area contributed by atoms with Crippen molar-refractivity contribution in [3.8, 4) is 0 Å². The topological polar surface area (TPSA) is 0 Å². The fourth-order valence-corrected chi connectivity index (χ4v) is 0.455. The zero-order valence-corrected chi connectivity index (χ0v) is 5.33. The van der Waals surface area contributed by atoms with E-state index in [-0.39, 0.29) is 6.42 Å². The first-order valence-electron chi connectivity index (χ1n) is 2.85. The lowest BCUT2D eigenvalue weighted by atomic mass is 10.1. The van der Waals surface area contributed by atoms with Gasteiger partial charge in [-0.3, -0.25) is 0 Å². The van der Waals surface area contributed by atoms with Crippen LogP contribution < -0.4 is 0 Å². The van der Waals surface area contributed by atoms with E-state index in [1.165, 1.54) is 6.92 Å². The maximum absolute atomic E-state index is 12.1. The Balaban J connectivity index is 3.80. The lowest BCUT2D eigenvalue weighted by Crippen LogP contribution is -2.28. The summed E-state index contributed by atoms with van der Waals surface area (Å²) in [5.41, 5.74) is 0. The van der Waals surface area contributed by atoms with Crippen LogP contribution in [0.4, 0.5) is 13.2 Å². The molecule has 0 bridgehead atoms. The second-order valence-electron chi connectivity index (χ2n) is 1.89. The van der Waals surface area contributed by atoms with Crippen LogP contribution in [-0.2, 0) is 0 Å². The summed E-state index contributed by atoms with van der Waals surface area (Å²) in [4.78, 5) is 0. The van der Waals surface area contributed by atoms with Crippen molar-refractivity contribution in [3.05, 3.63) is 6.92 Å². The summed E-state index contributed by atoms with van der Waals surface area (Å²) in [6.45, 7) is 4.32. The Morgan fingerprint density at radius 1 is 1.56 bits per heavy atom. The van der Waals surface area contributed by atoms with E-state index >= 15 is 0 Å². The van der Waals surface area contributed by atoms with E-state index in [4.69, 9.17) is 0 Å². The van der Waals surface area contributed by atoms with Crippen molar-refractivity contribution in [2.24, 2.45) is 0 Å². The molecule has 0 amide bonds. The molecule has 1 radical (unpaired) electrons. The zero-order chi connectivity index (χ0) is 7.49. The van der Waals surface area contributed by atoms with E-state index in [1.807, 2.05) is 0 Å². The average molecular weight is 139 g/mol. The predicted octanol–water partition coefficient (Wildman–Crippen LogP) is 2.59. The molecule has 0 nitrogen and oxygen atoms in total. The van der Waals surface area contributed by atoms with Gasteiger partial charge in [0.25, 0.3) is 5.92 Å². The summed E-state index contributed by atoms with van der Waals surface area (Å²) in [6.07, 6.45) is -2.85. The van der Waals surface area contributed by atoms with Gasteiger partial charge in [-0.15, -0.1) is 0 Å². The van der Waals surface area contributed by atoms with Crippen molar-refractivity contribution in [2.45, 2.75) is 31.9 Å². The van der Waals surface area contributed by atoms with Gasteiger partial charge >= 0.3 is 0 Å². The van der Waals surface area contributed by atoms with Crippen molar-refractivity contribution in [2.75, 3.05) is 0 Å². The summed E-state index contributed by atoms with van der Waals surface area (Å²) >= 11 is 0. The molecule has 0 heterocycles. The Kier molecular flexibility index (Phi) is 3.01. The summed E-state index contributed by atoms with van der Waals surface area (Å²) in [5, 5.41) is 0. The Bertz CT molecular complexity index is 80.4. The van der Waals surface area contributed by atoms with Crippen LogP contribution in [0.1, 0.15) is 19.8 Å². The highest BCUT2D eigenvalue weighted by molar-refractivity contribution is 4.75. The average Bonchev–Trinajstić information content (AvgIpc) is 1.86. The van der Waals surface area contributed by atoms with Gasteiger partial charge < -0.3 is 0 Å². The van der Waals surface area contributed by atoms with Crippen LogP contribution in [0.5, 0.6) is 0 Å². The van der Waals surface area contributed by atoms with Crippen LogP contribution in [0.15, 0.2) is 0 Å². The van der Waals surface area contributed by atoms with Crippen LogP contribution in [0.3, 0.4) is 0 Å². The van der Waals surface area contributed by atoms with Gasteiger partial charge in [-0.1, -0.05) is 6.92 Å². The summed E-state index contributed by atoms with van der Waals surface area (Å²) in [7, 11) is 0. The van der Waals surface area contributed by atoms with Crippen molar-refractivity contribution in [1.82, 2.24) is 0 Å². The highest BCUT2D eigenvalue weighted by Gasteiger charge is 2.36. The molecule has 0 fully saturated rings. The smallest absolute Gasteiger partial charge is 0.241 e. The summed E-state index contributed by atoms with van der Waals surface area (Å²) < 4.78 is 36.3. The third-order valence-corrected chi connectivity index (χ3v) is 1.15. The van der Waals surface area contributed by atoms with Gasteiger partial charge in [-0.05, 0) is 13.3 Å². The van der Waals surface area contributed by atoms with Crippen LogP contribution in [-0.4, -0.2) is 12.1 Å². The number of hydrogen-bond donors (Lipinski definition) is 0. The van der Waals surface area contributed by atoms with Crippen LogP contribution in [0.2, 0.25) is 0 Å². The zero-order valence-electron chi connectivity index (χ0n) is 5.33. The highest BCUT2D eigenvalue weighted by atomic mass is 19.3. The third kappa shape index (κ3) is 2.24. The van der Waals surface area contributed by atoms with E-state index in [2.05, 4.69) is 6.92 Å². The minimum absolute atomic E-state index is 0.150. The first kappa shape index (κ1) is 8.79. The molecule has 9 heavy (non-hydrogen) atoms. The molecular formula is C6H10F3. The molecule has 0 spiro atoms. The Morgan fingerprint density at radius 3 is 2.11 bits per heavy atom. The lowest BCUT2D eigenvalue weighted by Gasteiger charge is -2.16. The van der Waals surface area contributed by atoms with Crippen molar-refractivity contribution < 1.29 is 13.2 Å². The highest BCUT2D eigenvalue weighted by Crippen LogP contribution is 2.26. The van der Waals surface area contributed by atoms with Crippen molar-refractivity contribution >= 4 is 0 Å². The van der Waals surface area contributed by atoms with Gasteiger partial charge in [-0.2, -0.15) is 0 Å². The van der Waals surface area contributed by atoms with Gasteiger partial charge in [0.05, 0.1) is 0 Å². The number of hydrogen-bond acceptors (Lipinski definition) is 0. The van der Waals surface area contributed by atoms with Crippen molar-refractivity contribution in [3.63, 3.8) is 0 Å². The van der Waals surface area contributed by atoms with Crippen LogP contribution in [0, 0.1) is 6.92 Å². The first-order chi connectivity index (χ1) is 4.04. The van der Waals surface area contributed by atoms with Crippen LogP contribution in [0.25, 0.3) is 0 Å². The summed E-state index contributed by atoms with van der Waals surface area (Å²) in [5.74, 6) is -3.23. The van der Waals surface area contributed by atoms with E-state index in [9.17, 15) is 13.2 Å². The van der Waals surface area contributed by atoms with Gasteiger partial charge in [0.15, 0.2) is 6.17 Å². The molecule has 0 aliphatic carbocycles. The first-order valence-corrected chi connectivity index (χ1v) is 2.85. The molecule has 0 aromatic heterocycles. The molecule has 0 aromatic rings. The number of rotatable bonds is 3. The largest absolute Gasteiger partial charge is 0.278 e. The molecular weight excluding hydrogens is 129 g/mol. The normalized spacial score (nSPS) is 15.7. The molecule has 3 heteroatoms. The fourth-order valence-electron chi connectivity index (χ4n) is 0.455. The molecule has 0 unspecified atom stereocenters. The van der Waals surface area contributed by atoms with Gasteiger partial charge in [0.1, 0.15) is 0 Å². The third-order valence-electron chi connectivity index (χ3n) is 1.15. The molecule has 1 atom stereocenters. The van der Waals surface area contributed by atoms with E-state index < -0.39 is 18.5 Å². The molecule has 0 aliphatic rings. The fraction of sp³-hybridized carbons (Fsp3) is 0.833. The molecule has 0 aromatic carbocycles. The standard InChI is InChI=1S/C6H10F3/c1-3-5(7)6(8,9)4-2/h5H,2-4H2,1H3/t5-/m0/s1. The van der Waals surface area contributed by atoms with Gasteiger partial charge in [-0.25, -0.2) is 13.2 Å². The molecule has 55 valence electrons. The Morgan fingerprint density at radius 2 is 2.00 bits per heavy atom. The molecule has 0 saturated carbocycles. The quantitative estimate of drug-likeness (QED) is 0.563. The van der Waals surface area contributed by atoms with E-state index in [0.29, 0.717) is 0 Å².